The van der Waals surface area contributed by atoms with E-state index in [0.29, 0.717) is 34.5 Å². The van der Waals surface area contributed by atoms with E-state index < -0.39 is 5.97 Å². The summed E-state index contributed by atoms with van der Waals surface area (Å²) < 4.78 is 7.18. The van der Waals surface area contributed by atoms with Gasteiger partial charge in [0.15, 0.2) is 12.3 Å². The van der Waals surface area contributed by atoms with Gasteiger partial charge in [-0.25, -0.2) is 9.78 Å². The zero-order valence-electron chi connectivity index (χ0n) is 18.6. The van der Waals surface area contributed by atoms with Crippen LogP contribution >= 0.6 is 0 Å². The molecule has 0 unspecified atom stereocenters. The highest BCUT2D eigenvalue weighted by Crippen LogP contribution is 2.28. The number of anilines is 1. The Morgan fingerprint density at radius 1 is 1.06 bits per heavy atom. The molecule has 0 atom stereocenters. The Labute approximate surface area is 191 Å². The summed E-state index contributed by atoms with van der Waals surface area (Å²) in [5.41, 5.74) is 5.20. The predicted molar refractivity (Wildman–Crippen MR) is 126 cm³/mol. The SMILES string of the molecule is Cc1nn(C)c2nc(-c3ccccc3)cc(C(=O)OCC(=O)N3CCCc4ccccc43)c12. The van der Waals surface area contributed by atoms with E-state index in [1.165, 1.54) is 0 Å². The zero-order valence-corrected chi connectivity index (χ0v) is 18.6. The molecule has 0 aliphatic carbocycles. The summed E-state index contributed by atoms with van der Waals surface area (Å²) in [5, 5.41) is 5.07. The molecule has 0 N–H and O–H groups in total. The highest BCUT2D eigenvalue weighted by molar-refractivity contribution is 6.06. The van der Waals surface area contributed by atoms with E-state index in [0.717, 1.165) is 29.7 Å². The molecule has 7 heteroatoms. The van der Waals surface area contributed by atoms with Crippen molar-refractivity contribution in [3.8, 4) is 11.3 Å². The van der Waals surface area contributed by atoms with Gasteiger partial charge in [-0.15, -0.1) is 0 Å². The van der Waals surface area contributed by atoms with Crippen molar-refractivity contribution in [3.05, 3.63) is 77.5 Å². The number of carbonyl (C=O) groups is 2. The molecule has 0 saturated carbocycles. The number of ether oxygens (including phenoxy) is 1. The summed E-state index contributed by atoms with van der Waals surface area (Å²) in [7, 11) is 1.80. The van der Waals surface area contributed by atoms with Crippen LogP contribution in [0.4, 0.5) is 5.69 Å². The largest absolute Gasteiger partial charge is 0.452 e. The average Bonchev–Trinajstić information content (AvgIpc) is 3.15. The summed E-state index contributed by atoms with van der Waals surface area (Å²) in [6, 6.07) is 19.2. The molecule has 0 saturated heterocycles. The lowest BCUT2D eigenvalue weighted by molar-refractivity contribution is -0.121. The van der Waals surface area contributed by atoms with Gasteiger partial charge >= 0.3 is 5.97 Å². The van der Waals surface area contributed by atoms with Crippen molar-refractivity contribution in [3.63, 3.8) is 0 Å². The molecule has 3 heterocycles. The Balaban J connectivity index is 1.43. The lowest BCUT2D eigenvalue weighted by atomic mass is 10.0. The number of rotatable bonds is 4. The van der Waals surface area contributed by atoms with Gasteiger partial charge in [-0.3, -0.25) is 9.48 Å². The first-order valence-electron chi connectivity index (χ1n) is 11.0. The maximum atomic E-state index is 13.2. The third-order valence-corrected chi connectivity index (χ3v) is 6.00. The van der Waals surface area contributed by atoms with Crippen LogP contribution in [0.1, 0.15) is 28.0 Å². The van der Waals surface area contributed by atoms with Crippen molar-refractivity contribution in [2.75, 3.05) is 18.1 Å². The molecule has 0 bridgehead atoms. The van der Waals surface area contributed by atoms with E-state index in [2.05, 4.69) is 5.10 Å². The predicted octanol–water partition coefficient (Wildman–Crippen LogP) is 4.08. The summed E-state index contributed by atoms with van der Waals surface area (Å²) in [4.78, 5) is 32.5. The minimum atomic E-state index is -0.561. The normalized spacial score (nSPS) is 13.1. The van der Waals surface area contributed by atoms with Gasteiger partial charge in [-0.05, 0) is 37.5 Å². The molecule has 0 fully saturated rings. The first-order chi connectivity index (χ1) is 16.0. The number of pyridine rings is 1. The molecule has 0 radical (unpaired) electrons. The monoisotopic (exact) mass is 440 g/mol. The lowest BCUT2D eigenvalue weighted by Gasteiger charge is -2.29. The van der Waals surface area contributed by atoms with Crippen LogP contribution < -0.4 is 4.90 Å². The fourth-order valence-corrected chi connectivity index (χ4v) is 4.44. The number of nitrogens with zero attached hydrogens (tertiary/aromatic N) is 4. The fourth-order valence-electron chi connectivity index (χ4n) is 4.44. The fraction of sp³-hybridized carbons (Fsp3) is 0.231. The average molecular weight is 441 g/mol. The van der Waals surface area contributed by atoms with Gasteiger partial charge in [0, 0.05) is 24.8 Å². The van der Waals surface area contributed by atoms with E-state index in [1.807, 2.05) is 61.5 Å². The van der Waals surface area contributed by atoms with Crippen molar-refractivity contribution < 1.29 is 14.3 Å². The molecule has 166 valence electrons. The number of carbonyl (C=O) groups excluding carboxylic acids is 2. The van der Waals surface area contributed by atoms with Crippen LogP contribution in [0.3, 0.4) is 0 Å². The van der Waals surface area contributed by atoms with E-state index >= 15 is 0 Å². The number of hydrogen-bond acceptors (Lipinski definition) is 5. The smallest absolute Gasteiger partial charge is 0.339 e. The molecule has 7 nitrogen and oxygen atoms in total. The Bertz CT molecular complexity index is 1360. The van der Waals surface area contributed by atoms with Crippen LogP contribution in [0.5, 0.6) is 0 Å². The van der Waals surface area contributed by atoms with Gasteiger partial charge in [-0.1, -0.05) is 48.5 Å². The first-order valence-corrected chi connectivity index (χ1v) is 11.0. The number of aromatic nitrogens is 3. The van der Waals surface area contributed by atoms with Crippen molar-refractivity contribution in [1.82, 2.24) is 14.8 Å². The minimum absolute atomic E-state index is 0.230. The molecule has 33 heavy (non-hydrogen) atoms. The standard InChI is InChI=1S/C26H24N4O3/c1-17-24-20(15-21(18-9-4-3-5-10-18)27-25(24)29(2)28-17)26(32)33-16-23(31)30-14-8-12-19-11-6-7-13-22(19)30/h3-7,9-11,13,15H,8,12,14,16H2,1-2H3. The number of aryl methyl sites for hydroxylation is 3. The topological polar surface area (TPSA) is 77.3 Å². The number of esters is 1. The van der Waals surface area contributed by atoms with Gasteiger partial charge < -0.3 is 9.64 Å². The molecular formula is C26H24N4O3. The molecule has 2 aromatic carbocycles. The van der Waals surface area contributed by atoms with E-state index in [-0.39, 0.29) is 12.5 Å². The second kappa shape index (κ2) is 8.50. The summed E-state index contributed by atoms with van der Waals surface area (Å²) in [6.45, 7) is 2.13. The maximum Gasteiger partial charge on any atom is 0.339 e. The quantitative estimate of drug-likeness (QED) is 0.447. The van der Waals surface area contributed by atoms with Crippen molar-refractivity contribution >= 4 is 28.6 Å². The molecule has 5 rings (SSSR count). The van der Waals surface area contributed by atoms with Gasteiger partial charge in [0.05, 0.1) is 22.3 Å². The van der Waals surface area contributed by atoms with Crippen molar-refractivity contribution in [2.24, 2.45) is 7.05 Å². The van der Waals surface area contributed by atoms with Crippen LogP contribution in [-0.2, 0) is 23.0 Å². The van der Waals surface area contributed by atoms with Crippen LogP contribution in [-0.4, -0.2) is 39.8 Å². The molecule has 4 aromatic rings. The van der Waals surface area contributed by atoms with Gasteiger partial charge in [0.25, 0.3) is 5.91 Å². The van der Waals surface area contributed by atoms with E-state index in [9.17, 15) is 9.59 Å². The molecule has 1 amide bonds. The molecule has 0 spiro atoms. The second-order valence-corrected chi connectivity index (χ2v) is 8.18. The van der Waals surface area contributed by atoms with Gasteiger partial charge in [0.2, 0.25) is 0 Å². The van der Waals surface area contributed by atoms with E-state index in [1.54, 1.807) is 22.7 Å². The van der Waals surface area contributed by atoms with Gasteiger partial charge in [0.1, 0.15) is 0 Å². The minimum Gasteiger partial charge on any atom is -0.452 e. The second-order valence-electron chi connectivity index (χ2n) is 8.18. The maximum absolute atomic E-state index is 13.2. The summed E-state index contributed by atoms with van der Waals surface area (Å²) >= 11 is 0. The molecular weight excluding hydrogens is 416 g/mol. The Kier molecular flexibility index (Phi) is 5.38. The molecule has 1 aliphatic rings. The van der Waals surface area contributed by atoms with Crippen LogP contribution in [0.25, 0.3) is 22.3 Å². The number of amides is 1. The third kappa shape index (κ3) is 3.86. The first kappa shape index (κ1) is 20.9. The molecule has 2 aromatic heterocycles. The number of para-hydroxylation sites is 1. The van der Waals surface area contributed by atoms with Gasteiger partial charge in [-0.2, -0.15) is 5.10 Å². The lowest BCUT2D eigenvalue weighted by Crippen LogP contribution is -2.38. The van der Waals surface area contributed by atoms with Crippen molar-refractivity contribution in [1.29, 1.82) is 0 Å². The van der Waals surface area contributed by atoms with Crippen LogP contribution in [0.15, 0.2) is 60.7 Å². The molecule has 1 aliphatic heterocycles. The number of hydrogen-bond donors (Lipinski definition) is 0. The Hall–Kier alpha value is -4.00. The zero-order chi connectivity index (χ0) is 22.9. The number of fused-ring (bicyclic) bond motifs is 2. The van der Waals surface area contributed by atoms with Crippen LogP contribution in [0.2, 0.25) is 0 Å². The summed E-state index contributed by atoms with van der Waals surface area (Å²) in [6.07, 6.45) is 1.83. The van der Waals surface area contributed by atoms with E-state index in [4.69, 9.17) is 9.72 Å². The van der Waals surface area contributed by atoms with Crippen LogP contribution in [0, 0.1) is 6.92 Å². The summed E-state index contributed by atoms with van der Waals surface area (Å²) in [5.74, 6) is -0.790. The highest BCUT2D eigenvalue weighted by Gasteiger charge is 2.25. The third-order valence-electron chi connectivity index (χ3n) is 6.00. The Morgan fingerprint density at radius 3 is 2.64 bits per heavy atom. The Morgan fingerprint density at radius 2 is 1.82 bits per heavy atom. The van der Waals surface area contributed by atoms with Crippen molar-refractivity contribution in [2.45, 2.75) is 19.8 Å². The number of benzene rings is 2. The highest BCUT2D eigenvalue weighted by atomic mass is 16.5.